The van der Waals surface area contributed by atoms with Crippen LogP contribution in [0.5, 0.6) is 11.5 Å². The Balaban J connectivity index is 3.25. The number of rotatable bonds is 5. The van der Waals surface area contributed by atoms with Gasteiger partial charge in [-0.2, -0.15) is 0 Å². The first-order chi connectivity index (χ1) is 8.43. The largest absolute Gasteiger partial charge is 0.495 e. The third-order valence-corrected chi connectivity index (χ3v) is 3.70. The molecule has 0 aliphatic carbocycles. The second-order valence-corrected chi connectivity index (χ2v) is 4.97. The van der Waals surface area contributed by atoms with Gasteiger partial charge in [-0.05, 0) is 35.0 Å². The zero-order valence-corrected chi connectivity index (χ0v) is 12.6. The van der Waals surface area contributed by atoms with E-state index in [1.807, 2.05) is 13.8 Å². The van der Waals surface area contributed by atoms with Gasteiger partial charge >= 0.3 is 0 Å². The average molecular weight is 316 g/mol. The fourth-order valence-corrected chi connectivity index (χ4v) is 2.24. The first-order valence-electron chi connectivity index (χ1n) is 5.64. The SMILES string of the molecule is COc1ccc(C(=O)C(C)C(C)N)c(OC)c1Br. The summed E-state index contributed by atoms with van der Waals surface area (Å²) >= 11 is 3.37. The van der Waals surface area contributed by atoms with Crippen LogP contribution in [0.4, 0.5) is 0 Å². The monoisotopic (exact) mass is 315 g/mol. The van der Waals surface area contributed by atoms with Crippen LogP contribution in [-0.2, 0) is 0 Å². The number of hydrogen-bond acceptors (Lipinski definition) is 4. The normalized spacial score (nSPS) is 13.9. The van der Waals surface area contributed by atoms with Crippen LogP contribution in [-0.4, -0.2) is 26.0 Å². The molecule has 0 saturated heterocycles. The fraction of sp³-hybridized carbons (Fsp3) is 0.462. The molecule has 18 heavy (non-hydrogen) atoms. The van der Waals surface area contributed by atoms with Gasteiger partial charge in [0.15, 0.2) is 5.78 Å². The van der Waals surface area contributed by atoms with E-state index in [9.17, 15) is 4.79 Å². The maximum atomic E-state index is 12.3. The predicted molar refractivity (Wildman–Crippen MR) is 74.4 cm³/mol. The summed E-state index contributed by atoms with van der Waals surface area (Å²) in [7, 11) is 3.08. The summed E-state index contributed by atoms with van der Waals surface area (Å²) in [6.45, 7) is 3.62. The van der Waals surface area contributed by atoms with Gasteiger partial charge in [-0.25, -0.2) is 0 Å². The summed E-state index contributed by atoms with van der Waals surface area (Å²) in [6, 6.07) is 3.22. The summed E-state index contributed by atoms with van der Waals surface area (Å²) in [5.41, 5.74) is 6.27. The van der Waals surface area contributed by atoms with E-state index in [0.717, 1.165) is 0 Å². The van der Waals surface area contributed by atoms with Crippen LogP contribution in [0.1, 0.15) is 24.2 Å². The van der Waals surface area contributed by atoms with Crippen molar-refractivity contribution < 1.29 is 14.3 Å². The lowest BCUT2D eigenvalue weighted by Gasteiger charge is -2.17. The average Bonchev–Trinajstić information content (AvgIpc) is 2.36. The zero-order valence-electron chi connectivity index (χ0n) is 11.0. The fourth-order valence-electron chi connectivity index (χ4n) is 1.57. The minimum atomic E-state index is -0.265. The van der Waals surface area contributed by atoms with Crippen LogP contribution >= 0.6 is 15.9 Å². The van der Waals surface area contributed by atoms with Crippen LogP contribution in [0.2, 0.25) is 0 Å². The first-order valence-corrected chi connectivity index (χ1v) is 6.43. The Labute approximate surface area is 116 Å². The number of methoxy groups -OCH3 is 2. The second kappa shape index (κ2) is 6.20. The summed E-state index contributed by atoms with van der Waals surface area (Å²) in [5.74, 6) is 0.799. The highest BCUT2D eigenvalue weighted by Crippen LogP contribution is 2.38. The Bertz CT molecular complexity index is 446. The molecule has 2 N–H and O–H groups in total. The van der Waals surface area contributed by atoms with Crippen molar-refractivity contribution in [2.75, 3.05) is 14.2 Å². The minimum Gasteiger partial charge on any atom is -0.495 e. The molecule has 1 rings (SSSR count). The van der Waals surface area contributed by atoms with E-state index in [4.69, 9.17) is 15.2 Å². The standard InChI is InChI=1S/C13H18BrNO3/c1-7(8(2)15)12(16)9-5-6-10(17-3)11(14)13(9)18-4/h5-8H,15H2,1-4H3. The molecule has 0 aliphatic heterocycles. The number of ether oxygens (including phenoxy) is 2. The topological polar surface area (TPSA) is 61.5 Å². The number of carbonyl (C=O) groups is 1. The highest BCUT2D eigenvalue weighted by Gasteiger charge is 2.24. The van der Waals surface area contributed by atoms with E-state index < -0.39 is 0 Å². The molecule has 1 aromatic rings. The molecule has 0 radical (unpaired) electrons. The van der Waals surface area contributed by atoms with Crippen LogP contribution in [0.15, 0.2) is 16.6 Å². The van der Waals surface area contributed by atoms with E-state index >= 15 is 0 Å². The van der Waals surface area contributed by atoms with Crippen molar-refractivity contribution in [3.8, 4) is 11.5 Å². The molecule has 100 valence electrons. The van der Waals surface area contributed by atoms with Gasteiger partial charge in [0.05, 0.1) is 19.8 Å². The van der Waals surface area contributed by atoms with Gasteiger partial charge in [0.25, 0.3) is 0 Å². The lowest BCUT2D eigenvalue weighted by Crippen LogP contribution is -2.30. The van der Waals surface area contributed by atoms with Gasteiger partial charge in [-0.3, -0.25) is 4.79 Å². The highest BCUT2D eigenvalue weighted by atomic mass is 79.9. The van der Waals surface area contributed by atoms with Gasteiger partial charge in [0.1, 0.15) is 16.0 Å². The molecule has 1 aromatic carbocycles. The summed E-state index contributed by atoms with van der Waals surface area (Å²) in [5, 5.41) is 0. The van der Waals surface area contributed by atoms with Crippen molar-refractivity contribution in [2.24, 2.45) is 11.7 Å². The molecule has 0 saturated carbocycles. The van der Waals surface area contributed by atoms with E-state index in [2.05, 4.69) is 15.9 Å². The second-order valence-electron chi connectivity index (χ2n) is 4.17. The number of halogens is 1. The zero-order chi connectivity index (χ0) is 13.9. The number of benzene rings is 1. The smallest absolute Gasteiger partial charge is 0.170 e. The molecule has 2 atom stereocenters. The van der Waals surface area contributed by atoms with E-state index in [-0.39, 0.29) is 17.7 Å². The van der Waals surface area contributed by atoms with Crippen molar-refractivity contribution in [3.63, 3.8) is 0 Å². The number of Topliss-reactive ketones (excluding diaryl/α,β-unsaturated/α-hetero) is 1. The number of ketones is 1. The van der Waals surface area contributed by atoms with Crippen molar-refractivity contribution in [1.82, 2.24) is 0 Å². The van der Waals surface area contributed by atoms with Crippen molar-refractivity contribution >= 4 is 21.7 Å². The predicted octanol–water partition coefficient (Wildman–Crippen LogP) is 2.63. The molecule has 2 unspecified atom stereocenters. The third kappa shape index (κ3) is 2.84. The van der Waals surface area contributed by atoms with Gasteiger partial charge in [-0.15, -0.1) is 0 Å². The van der Waals surface area contributed by atoms with Crippen LogP contribution in [0.25, 0.3) is 0 Å². The number of nitrogens with two attached hydrogens (primary N) is 1. The van der Waals surface area contributed by atoms with E-state index in [0.29, 0.717) is 21.5 Å². The maximum absolute atomic E-state index is 12.3. The van der Waals surface area contributed by atoms with Gasteiger partial charge in [0.2, 0.25) is 0 Å². The van der Waals surface area contributed by atoms with Crippen LogP contribution in [0.3, 0.4) is 0 Å². The molecule has 0 heterocycles. The maximum Gasteiger partial charge on any atom is 0.170 e. The lowest BCUT2D eigenvalue weighted by atomic mass is 9.93. The van der Waals surface area contributed by atoms with Crippen molar-refractivity contribution in [1.29, 1.82) is 0 Å². The van der Waals surface area contributed by atoms with Crippen molar-refractivity contribution in [2.45, 2.75) is 19.9 Å². The Morgan fingerprint density at radius 1 is 1.28 bits per heavy atom. The molecule has 0 aromatic heterocycles. The third-order valence-electron chi connectivity index (χ3n) is 2.95. The first kappa shape index (κ1) is 15.0. The Kier molecular flexibility index (Phi) is 5.16. The molecule has 0 amide bonds. The van der Waals surface area contributed by atoms with Gasteiger partial charge in [-0.1, -0.05) is 6.92 Å². The Morgan fingerprint density at radius 2 is 1.89 bits per heavy atom. The van der Waals surface area contributed by atoms with Crippen LogP contribution < -0.4 is 15.2 Å². The Morgan fingerprint density at radius 3 is 2.33 bits per heavy atom. The summed E-state index contributed by atoms with van der Waals surface area (Å²) in [4.78, 5) is 12.3. The number of carbonyl (C=O) groups excluding carboxylic acids is 1. The van der Waals surface area contributed by atoms with Gasteiger partial charge < -0.3 is 15.2 Å². The molecule has 4 nitrogen and oxygen atoms in total. The van der Waals surface area contributed by atoms with Gasteiger partial charge in [0, 0.05) is 12.0 Å². The summed E-state index contributed by atoms with van der Waals surface area (Å²) < 4.78 is 11.1. The molecule has 5 heteroatoms. The van der Waals surface area contributed by atoms with Crippen LogP contribution in [0, 0.1) is 5.92 Å². The minimum absolute atomic E-state index is 0.0368. The molecular formula is C13H18BrNO3. The lowest BCUT2D eigenvalue weighted by molar-refractivity contribution is 0.0914. The highest BCUT2D eigenvalue weighted by molar-refractivity contribution is 9.10. The molecule has 0 aliphatic rings. The molecule has 0 fully saturated rings. The summed E-state index contributed by atoms with van der Waals surface area (Å²) in [6.07, 6.45) is 0. The van der Waals surface area contributed by atoms with E-state index in [1.54, 1.807) is 19.2 Å². The molecular weight excluding hydrogens is 298 g/mol. The Hall–Kier alpha value is -1.07. The van der Waals surface area contributed by atoms with E-state index in [1.165, 1.54) is 7.11 Å². The quantitative estimate of drug-likeness (QED) is 0.848. The number of hydrogen-bond donors (Lipinski definition) is 1. The molecule has 0 bridgehead atoms. The van der Waals surface area contributed by atoms with Crippen molar-refractivity contribution in [3.05, 3.63) is 22.2 Å². The molecule has 0 spiro atoms.